The van der Waals surface area contributed by atoms with Crippen molar-refractivity contribution >= 4 is 0 Å². The Morgan fingerprint density at radius 3 is 2.79 bits per heavy atom. The van der Waals surface area contributed by atoms with Gasteiger partial charge in [-0.15, -0.1) is 0 Å². The summed E-state index contributed by atoms with van der Waals surface area (Å²) in [6, 6.07) is 10.7. The van der Waals surface area contributed by atoms with Gasteiger partial charge < -0.3 is 4.74 Å². The quantitative estimate of drug-likeness (QED) is 0.616. The fraction of sp³-hybridized carbons (Fsp3) is 0.538. The van der Waals surface area contributed by atoms with Crippen LogP contribution in [0.3, 0.4) is 0 Å². The van der Waals surface area contributed by atoms with Crippen LogP contribution in [0.25, 0.3) is 0 Å². The minimum atomic E-state index is 0.123. The first-order valence-electron chi connectivity index (χ1n) is 5.65. The molecule has 1 heterocycles. The van der Waals surface area contributed by atoms with Gasteiger partial charge in [0.25, 0.3) is 0 Å². The summed E-state index contributed by atoms with van der Waals surface area (Å²) < 4.78 is 5.93. The van der Waals surface area contributed by atoms with E-state index in [4.69, 9.17) is 4.74 Å². The van der Waals surface area contributed by atoms with Gasteiger partial charge in [0.1, 0.15) is 5.60 Å². The molecule has 0 spiro atoms. The van der Waals surface area contributed by atoms with Gasteiger partial charge in [-0.3, -0.25) is 0 Å². The number of fused-ring (bicyclic) bond motifs is 1. The third-order valence-electron chi connectivity index (χ3n) is 3.59. The van der Waals surface area contributed by atoms with E-state index in [1.165, 1.54) is 37.7 Å². The highest BCUT2D eigenvalue weighted by Gasteiger charge is 2.56. The summed E-state index contributed by atoms with van der Waals surface area (Å²) in [5.74, 6) is 0. The van der Waals surface area contributed by atoms with Crippen LogP contribution in [0.4, 0.5) is 0 Å². The number of hydrogen-bond donors (Lipinski definition) is 0. The predicted octanol–water partition coefficient (Wildman–Crippen LogP) is 3.24. The summed E-state index contributed by atoms with van der Waals surface area (Å²) in [6.45, 7) is 0. The first-order valence-corrected chi connectivity index (χ1v) is 5.65. The van der Waals surface area contributed by atoms with E-state index in [9.17, 15) is 0 Å². The molecule has 1 heteroatoms. The molecule has 2 atom stereocenters. The molecule has 1 nitrogen and oxygen atoms in total. The predicted molar refractivity (Wildman–Crippen MR) is 56.1 cm³/mol. The summed E-state index contributed by atoms with van der Waals surface area (Å²) in [5, 5.41) is 0. The van der Waals surface area contributed by atoms with Crippen molar-refractivity contribution in [3.05, 3.63) is 35.9 Å². The van der Waals surface area contributed by atoms with Gasteiger partial charge >= 0.3 is 0 Å². The molecule has 3 rings (SSSR count). The van der Waals surface area contributed by atoms with E-state index in [0.29, 0.717) is 6.10 Å². The third-order valence-corrected chi connectivity index (χ3v) is 3.59. The van der Waals surface area contributed by atoms with E-state index in [1.54, 1.807) is 0 Å². The van der Waals surface area contributed by atoms with Gasteiger partial charge in [-0.2, -0.15) is 0 Å². The van der Waals surface area contributed by atoms with E-state index >= 15 is 0 Å². The Labute approximate surface area is 85.1 Å². The molecule has 0 aromatic heterocycles. The summed E-state index contributed by atoms with van der Waals surface area (Å²) >= 11 is 0. The molecule has 1 saturated heterocycles. The van der Waals surface area contributed by atoms with Crippen molar-refractivity contribution in [2.24, 2.45) is 0 Å². The van der Waals surface area contributed by atoms with Crippen molar-refractivity contribution in [3.63, 3.8) is 0 Å². The molecule has 1 aliphatic heterocycles. The lowest BCUT2D eigenvalue weighted by Crippen LogP contribution is -2.11. The Morgan fingerprint density at radius 2 is 1.93 bits per heavy atom. The second-order valence-corrected chi connectivity index (χ2v) is 4.46. The molecule has 2 aliphatic rings. The van der Waals surface area contributed by atoms with Gasteiger partial charge in [0.2, 0.25) is 0 Å². The zero-order chi connectivity index (χ0) is 9.43. The smallest absolute Gasteiger partial charge is 0.120 e. The second kappa shape index (κ2) is 3.09. The van der Waals surface area contributed by atoms with Crippen LogP contribution < -0.4 is 0 Å². The van der Waals surface area contributed by atoms with Crippen molar-refractivity contribution in [1.29, 1.82) is 0 Å². The van der Waals surface area contributed by atoms with E-state index < -0.39 is 0 Å². The summed E-state index contributed by atoms with van der Waals surface area (Å²) in [6.07, 6.45) is 7.06. The molecule has 1 aromatic carbocycles. The fourth-order valence-electron chi connectivity index (χ4n) is 2.74. The first-order chi connectivity index (χ1) is 6.92. The Balaban J connectivity index is 1.91. The molecule has 0 unspecified atom stereocenters. The first kappa shape index (κ1) is 8.49. The fourth-order valence-corrected chi connectivity index (χ4v) is 2.74. The van der Waals surface area contributed by atoms with Crippen LogP contribution in [0, 0.1) is 0 Å². The largest absolute Gasteiger partial charge is 0.361 e. The van der Waals surface area contributed by atoms with Crippen LogP contribution in [0.5, 0.6) is 0 Å². The van der Waals surface area contributed by atoms with E-state index in [-0.39, 0.29) is 5.60 Å². The molecule has 0 bridgehead atoms. The number of hydrogen-bond acceptors (Lipinski definition) is 1. The zero-order valence-electron chi connectivity index (χ0n) is 8.41. The van der Waals surface area contributed by atoms with E-state index in [1.807, 2.05) is 0 Å². The normalized spacial score (nSPS) is 35.9. The van der Waals surface area contributed by atoms with Crippen LogP contribution in [-0.2, 0) is 10.3 Å². The van der Waals surface area contributed by atoms with E-state index in [2.05, 4.69) is 30.3 Å². The van der Waals surface area contributed by atoms with Crippen molar-refractivity contribution < 1.29 is 4.74 Å². The maximum Gasteiger partial charge on any atom is 0.120 e. The van der Waals surface area contributed by atoms with Gasteiger partial charge in [0.15, 0.2) is 0 Å². The van der Waals surface area contributed by atoms with Crippen LogP contribution in [-0.4, -0.2) is 6.10 Å². The topological polar surface area (TPSA) is 12.5 Å². The standard InChI is InChI=1S/C13H16O/c1-3-7-11(8-4-1)13-10-6-2-5-9-12(13)14-13/h1,3-4,7-8,12H,2,5-6,9-10H2/t12-,13-/m0/s1. The SMILES string of the molecule is c1ccc([C@@]23CCCCC[C@@H]2O3)cc1. The van der Waals surface area contributed by atoms with Crippen molar-refractivity contribution in [2.45, 2.75) is 43.8 Å². The minimum Gasteiger partial charge on any atom is -0.361 e. The van der Waals surface area contributed by atoms with Crippen LogP contribution in [0.15, 0.2) is 30.3 Å². The number of epoxide rings is 1. The molecule has 14 heavy (non-hydrogen) atoms. The van der Waals surface area contributed by atoms with Crippen molar-refractivity contribution in [2.75, 3.05) is 0 Å². The van der Waals surface area contributed by atoms with Gasteiger partial charge in [-0.25, -0.2) is 0 Å². The maximum atomic E-state index is 5.93. The van der Waals surface area contributed by atoms with Crippen molar-refractivity contribution in [1.82, 2.24) is 0 Å². The molecular formula is C13H16O. The van der Waals surface area contributed by atoms with Crippen LogP contribution in [0.2, 0.25) is 0 Å². The lowest BCUT2D eigenvalue weighted by Gasteiger charge is -2.11. The average Bonchev–Trinajstić information content (AvgIpc) is 2.93. The monoisotopic (exact) mass is 188 g/mol. The molecule has 1 saturated carbocycles. The average molecular weight is 188 g/mol. The number of rotatable bonds is 1. The summed E-state index contributed by atoms with van der Waals surface area (Å²) in [5.41, 5.74) is 1.52. The highest BCUT2D eigenvalue weighted by Crippen LogP contribution is 2.53. The number of benzene rings is 1. The number of ether oxygens (including phenoxy) is 1. The third kappa shape index (κ3) is 1.19. The van der Waals surface area contributed by atoms with Gasteiger partial charge in [0, 0.05) is 0 Å². The van der Waals surface area contributed by atoms with Gasteiger partial charge in [-0.1, -0.05) is 49.6 Å². The van der Waals surface area contributed by atoms with Gasteiger partial charge in [0.05, 0.1) is 6.10 Å². The highest BCUT2D eigenvalue weighted by atomic mass is 16.6. The summed E-state index contributed by atoms with van der Waals surface area (Å²) in [4.78, 5) is 0. The molecule has 0 amide bonds. The molecular weight excluding hydrogens is 172 g/mol. The molecule has 74 valence electrons. The molecule has 1 aromatic rings. The van der Waals surface area contributed by atoms with E-state index in [0.717, 1.165) is 0 Å². The Kier molecular flexibility index (Phi) is 1.88. The Hall–Kier alpha value is -0.820. The zero-order valence-corrected chi connectivity index (χ0v) is 8.41. The minimum absolute atomic E-state index is 0.123. The maximum absolute atomic E-state index is 5.93. The lowest BCUT2D eigenvalue weighted by molar-refractivity contribution is 0.265. The van der Waals surface area contributed by atoms with Crippen LogP contribution in [0.1, 0.15) is 37.7 Å². The van der Waals surface area contributed by atoms with Gasteiger partial charge in [-0.05, 0) is 18.4 Å². The summed E-state index contributed by atoms with van der Waals surface area (Å²) in [7, 11) is 0. The molecule has 0 radical (unpaired) electrons. The Bertz CT molecular complexity index is 319. The second-order valence-electron chi connectivity index (χ2n) is 4.46. The Morgan fingerprint density at radius 1 is 1.07 bits per heavy atom. The van der Waals surface area contributed by atoms with Crippen molar-refractivity contribution in [3.8, 4) is 0 Å². The van der Waals surface area contributed by atoms with Crippen LogP contribution >= 0.6 is 0 Å². The molecule has 2 fully saturated rings. The lowest BCUT2D eigenvalue weighted by atomic mass is 9.91. The highest BCUT2D eigenvalue weighted by molar-refractivity contribution is 5.29. The molecule has 0 N–H and O–H groups in total. The molecule has 1 aliphatic carbocycles.